The number of nitrogens with one attached hydrogen (secondary N) is 1. The van der Waals surface area contributed by atoms with Gasteiger partial charge in [0.1, 0.15) is 17.5 Å². The molecule has 25 heavy (non-hydrogen) atoms. The first-order valence-corrected chi connectivity index (χ1v) is 9.92. The van der Waals surface area contributed by atoms with E-state index in [0.29, 0.717) is 11.6 Å². The fourth-order valence-corrected chi connectivity index (χ4v) is 3.88. The van der Waals surface area contributed by atoms with Gasteiger partial charge in [0.25, 0.3) is 10.0 Å². The Balaban J connectivity index is 1.75. The highest BCUT2D eigenvalue weighted by Crippen LogP contribution is 2.18. The molecule has 0 radical (unpaired) electrons. The molecule has 0 unspecified atom stereocenters. The molecule has 0 atom stereocenters. The second kappa shape index (κ2) is 7.09. The third-order valence-corrected chi connectivity index (χ3v) is 5.62. The second-order valence-corrected chi connectivity index (χ2v) is 8.11. The molecule has 0 amide bonds. The summed E-state index contributed by atoms with van der Waals surface area (Å²) in [7, 11) is -1.93. The van der Waals surface area contributed by atoms with Crippen molar-refractivity contribution in [3.63, 3.8) is 0 Å². The zero-order chi connectivity index (χ0) is 18.0. The van der Waals surface area contributed by atoms with Gasteiger partial charge in [0, 0.05) is 38.1 Å². The molecule has 8 nitrogen and oxygen atoms in total. The van der Waals surface area contributed by atoms with Crippen molar-refractivity contribution in [2.75, 3.05) is 18.0 Å². The molecule has 3 heterocycles. The largest absolute Gasteiger partial charge is 0.357 e. The van der Waals surface area contributed by atoms with E-state index in [1.54, 1.807) is 18.5 Å². The quantitative estimate of drug-likeness (QED) is 0.859. The number of sulfonamides is 1. The fourth-order valence-electron chi connectivity index (χ4n) is 2.87. The number of aryl methyl sites for hydroxylation is 3. The van der Waals surface area contributed by atoms with Crippen LogP contribution in [0.4, 0.5) is 5.82 Å². The van der Waals surface area contributed by atoms with Gasteiger partial charge in [-0.25, -0.2) is 28.1 Å². The van der Waals surface area contributed by atoms with Crippen LogP contribution < -0.4 is 9.62 Å². The van der Waals surface area contributed by atoms with E-state index in [1.165, 1.54) is 12.6 Å². The van der Waals surface area contributed by atoms with Crippen molar-refractivity contribution in [1.82, 2.24) is 24.2 Å². The van der Waals surface area contributed by atoms with E-state index in [0.717, 1.165) is 37.4 Å². The predicted octanol–water partition coefficient (Wildman–Crippen LogP) is 1.30. The highest BCUT2D eigenvalue weighted by molar-refractivity contribution is 7.89. The highest BCUT2D eigenvalue weighted by atomic mass is 32.2. The lowest BCUT2D eigenvalue weighted by molar-refractivity contribution is 0.568. The van der Waals surface area contributed by atoms with Gasteiger partial charge in [0.05, 0.1) is 6.54 Å². The van der Waals surface area contributed by atoms with Crippen molar-refractivity contribution < 1.29 is 8.42 Å². The van der Waals surface area contributed by atoms with E-state index in [-0.39, 0.29) is 11.6 Å². The number of aromatic nitrogens is 4. The number of piperidine rings is 1. The summed E-state index contributed by atoms with van der Waals surface area (Å²) in [6.45, 7) is 5.66. The molecule has 0 spiro atoms. The monoisotopic (exact) mass is 364 g/mol. The van der Waals surface area contributed by atoms with Gasteiger partial charge < -0.3 is 9.47 Å². The first kappa shape index (κ1) is 17.8. The lowest BCUT2D eigenvalue weighted by atomic mass is 10.1. The molecule has 3 rings (SSSR count). The van der Waals surface area contributed by atoms with Gasteiger partial charge >= 0.3 is 0 Å². The first-order valence-electron chi connectivity index (χ1n) is 8.44. The van der Waals surface area contributed by atoms with Crippen molar-refractivity contribution in [2.45, 2.75) is 44.7 Å². The van der Waals surface area contributed by atoms with Crippen LogP contribution >= 0.6 is 0 Å². The lowest BCUT2D eigenvalue weighted by Gasteiger charge is -2.28. The molecule has 1 aliphatic heterocycles. The fraction of sp³-hybridized carbons (Fsp3) is 0.562. The summed E-state index contributed by atoms with van der Waals surface area (Å²) in [4.78, 5) is 15.2. The summed E-state index contributed by atoms with van der Waals surface area (Å²) in [6.07, 6.45) is 5.05. The Bertz CT molecular complexity index is 836. The van der Waals surface area contributed by atoms with Crippen molar-refractivity contribution in [3.05, 3.63) is 29.6 Å². The van der Waals surface area contributed by atoms with Crippen LogP contribution in [0.1, 0.15) is 36.6 Å². The average molecular weight is 364 g/mol. The van der Waals surface area contributed by atoms with Crippen LogP contribution in [-0.4, -0.2) is 41.0 Å². The van der Waals surface area contributed by atoms with E-state index in [9.17, 15) is 8.42 Å². The third kappa shape index (κ3) is 4.16. The minimum absolute atomic E-state index is 0.0106. The minimum Gasteiger partial charge on any atom is -0.357 e. The molecular weight excluding hydrogens is 340 g/mol. The minimum atomic E-state index is -3.69. The summed E-state index contributed by atoms with van der Waals surface area (Å²) in [5.41, 5.74) is 0.832. The number of nitrogens with zero attached hydrogens (tertiary/aromatic N) is 5. The van der Waals surface area contributed by atoms with Crippen LogP contribution in [0.25, 0.3) is 0 Å². The van der Waals surface area contributed by atoms with Crippen molar-refractivity contribution >= 4 is 15.8 Å². The molecule has 1 aliphatic rings. The van der Waals surface area contributed by atoms with Crippen LogP contribution in [0.15, 0.2) is 17.3 Å². The maximum absolute atomic E-state index is 12.4. The van der Waals surface area contributed by atoms with E-state index in [1.807, 2.05) is 13.0 Å². The molecule has 2 aromatic heterocycles. The Labute approximate surface area is 148 Å². The first-order chi connectivity index (χ1) is 11.8. The van der Waals surface area contributed by atoms with E-state index >= 15 is 0 Å². The summed E-state index contributed by atoms with van der Waals surface area (Å²) in [5, 5.41) is 0.0106. The maximum Gasteiger partial charge on any atom is 0.259 e. The number of anilines is 1. The van der Waals surface area contributed by atoms with Gasteiger partial charge in [0.2, 0.25) is 0 Å². The van der Waals surface area contributed by atoms with Gasteiger partial charge in [-0.05, 0) is 33.1 Å². The summed E-state index contributed by atoms with van der Waals surface area (Å²) < 4.78 is 29.0. The number of hydrogen-bond acceptors (Lipinski definition) is 6. The Kier molecular flexibility index (Phi) is 5.05. The molecule has 1 N–H and O–H groups in total. The van der Waals surface area contributed by atoms with E-state index < -0.39 is 10.0 Å². The van der Waals surface area contributed by atoms with Crippen LogP contribution in [0.5, 0.6) is 0 Å². The second-order valence-electron chi connectivity index (χ2n) is 6.39. The Morgan fingerprint density at radius 2 is 1.84 bits per heavy atom. The molecule has 2 aromatic rings. The van der Waals surface area contributed by atoms with Crippen LogP contribution in [0.2, 0.25) is 0 Å². The number of rotatable bonds is 5. The topological polar surface area (TPSA) is 93.0 Å². The zero-order valence-corrected chi connectivity index (χ0v) is 15.7. The van der Waals surface area contributed by atoms with Crippen LogP contribution in [-0.2, 0) is 23.6 Å². The van der Waals surface area contributed by atoms with Gasteiger partial charge in [0.15, 0.2) is 5.03 Å². The summed E-state index contributed by atoms with van der Waals surface area (Å²) in [5.74, 6) is 1.98. The summed E-state index contributed by atoms with van der Waals surface area (Å²) in [6, 6.07) is 1.95. The normalized spacial score (nSPS) is 15.6. The molecule has 1 saturated heterocycles. The standard InChI is InChI=1S/C16H24N6O2S/c1-12-9-15(22-7-5-4-6-8-22)20-14(18-12)10-17-25(23,24)16-11-21(3)13(2)19-16/h9,11,17H,4-8,10H2,1-3H3. The van der Waals surface area contributed by atoms with E-state index in [4.69, 9.17) is 0 Å². The third-order valence-electron chi connectivity index (χ3n) is 4.35. The Morgan fingerprint density at radius 3 is 2.48 bits per heavy atom. The maximum atomic E-state index is 12.4. The van der Waals surface area contributed by atoms with Gasteiger partial charge in [-0.2, -0.15) is 0 Å². The number of imidazole rings is 1. The van der Waals surface area contributed by atoms with Crippen molar-refractivity contribution in [1.29, 1.82) is 0 Å². The SMILES string of the molecule is Cc1cc(N2CCCCC2)nc(CNS(=O)(=O)c2cn(C)c(C)n2)n1. The van der Waals surface area contributed by atoms with Crippen molar-refractivity contribution in [2.24, 2.45) is 7.05 Å². The molecule has 0 aliphatic carbocycles. The summed E-state index contributed by atoms with van der Waals surface area (Å²) >= 11 is 0. The molecule has 1 fully saturated rings. The predicted molar refractivity (Wildman–Crippen MR) is 94.8 cm³/mol. The Morgan fingerprint density at radius 1 is 1.12 bits per heavy atom. The zero-order valence-electron chi connectivity index (χ0n) is 14.9. The van der Waals surface area contributed by atoms with Crippen LogP contribution in [0, 0.1) is 13.8 Å². The molecule has 0 aromatic carbocycles. The lowest BCUT2D eigenvalue weighted by Crippen LogP contribution is -2.31. The molecule has 136 valence electrons. The molecule has 0 bridgehead atoms. The van der Waals surface area contributed by atoms with Crippen molar-refractivity contribution in [3.8, 4) is 0 Å². The molecule has 0 saturated carbocycles. The Hall–Kier alpha value is -2.00. The molecular formula is C16H24N6O2S. The highest BCUT2D eigenvalue weighted by Gasteiger charge is 2.19. The van der Waals surface area contributed by atoms with Gasteiger partial charge in [-0.15, -0.1) is 0 Å². The number of hydrogen-bond donors (Lipinski definition) is 1. The molecule has 9 heteroatoms. The van der Waals surface area contributed by atoms with Gasteiger partial charge in [-0.3, -0.25) is 0 Å². The van der Waals surface area contributed by atoms with Gasteiger partial charge in [-0.1, -0.05) is 0 Å². The average Bonchev–Trinajstić information content (AvgIpc) is 2.93. The van der Waals surface area contributed by atoms with E-state index in [2.05, 4.69) is 24.6 Å². The van der Waals surface area contributed by atoms with Crippen LogP contribution in [0.3, 0.4) is 0 Å². The smallest absolute Gasteiger partial charge is 0.259 e.